The molecule has 1 aromatic rings. The van der Waals surface area contributed by atoms with Gasteiger partial charge in [-0.3, -0.25) is 0 Å². The summed E-state index contributed by atoms with van der Waals surface area (Å²) in [6, 6.07) is 6.18. The molecule has 14 heavy (non-hydrogen) atoms. The summed E-state index contributed by atoms with van der Waals surface area (Å²) in [5.41, 5.74) is 4.43. The minimum absolute atomic E-state index is 0.137. The summed E-state index contributed by atoms with van der Waals surface area (Å²) in [4.78, 5) is 0. The molecular weight excluding hydrogens is 192 g/mol. The van der Waals surface area contributed by atoms with Crippen LogP contribution in [0, 0.1) is 18.2 Å². The topological polar surface area (TPSA) is 23.8 Å². The quantitative estimate of drug-likeness (QED) is 0.503. The van der Waals surface area contributed by atoms with E-state index in [0.717, 1.165) is 16.5 Å². The maximum absolute atomic E-state index is 9.06. The van der Waals surface area contributed by atoms with E-state index in [1.165, 1.54) is 5.56 Å². The first-order chi connectivity index (χ1) is 6.76. The van der Waals surface area contributed by atoms with Crippen molar-refractivity contribution in [3.05, 3.63) is 34.8 Å². The molecule has 1 aliphatic heterocycles. The van der Waals surface area contributed by atoms with Crippen LogP contribution in [0.25, 0.3) is 6.08 Å². The number of nitriles is 1. The number of allylic oxidation sites excluding steroid dienone is 1. The van der Waals surface area contributed by atoms with Gasteiger partial charge in [-0.05, 0) is 12.5 Å². The number of aryl methyl sites for hydroxylation is 1. The lowest BCUT2D eigenvalue weighted by molar-refractivity contribution is 1.49. The average Bonchev–Trinajstić information content (AvgIpc) is 2.54. The van der Waals surface area contributed by atoms with E-state index in [4.69, 9.17) is 16.9 Å². The molecule has 68 valence electrons. The number of rotatable bonds is 1. The fraction of sp³-hybridized carbons (Fsp3) is 0.182. The molecule has 0 amide bonds. The highest BCUT2D eigenvalue weighted by atomic mass is 35.5. The average molecular weight is 201 g/mol. The molecule has 0 N–H and O–H groups in total. The molecule has 2 rings (SSSR count). The molecule has 0 atom stereocenters. The zero-order chi connectivity index (χ0) is 10.1. The molecule has 0 saturated heterocycles. The lowest BCUT2D eigenvalue weighted by Gasteiger charge is -2.02. The largest absolute Gasteiger partial charge is 0.330 e. The second kappa shape index (κ2) is 3.51. The number of halogens is 1. The zero-order valence-electron chi connectivity index (χ0n) is 7.92. The van der Waals surface area contributed by atoms with Crippen molar-refractivity contribution in [3.8, 4) is 5.97 Å². The van der Waals surface area contributed by atoms with Gasteiger partial charge in [0.2, 0.25) is 0 Å². The molecule has 1 nitrogen and oxygen atoms in total. The van der Waals surface area contributed by atoms with E-state index < -0.39 is 0 Å². The third-order valence-electron chi connectivity index (χ3n) is 2.55. The van der Waals surface area contributed by atoms with E-state index in [0.29, 0.717) is 5.88 Å². The summed E-state index contributed by atoms with van der Waals surface area (Å²) in [7, 11) is 0. The lowest BCUT2D eigenvalue weighted by Crippen LogP contribution is -2.29. The Bertz CT molecular complexity index is 445. The normalized spacial score (nSPS) is 13.5. The Hall–Kier alpha value is -1.20. The van der Waals surface area contributed by atoms with E-state index in [1.54, 1.807) is 0 Å². The van der Waals surface area contributed by atoms with Gasteiger partial charge in [0.15, 0.2) is 0 Å². The smallest absolute Gasteiger partial charge is 0.212 e. The monoisotopic (exact) mass is 201 g/mol. The van der Waals surface area contributed by atoms with Crippen LogP contribution in [0.5, 0.6) is 0 Å². The molecule has 0 aromatic heterocycles. The van der Waals surface area contributed by atoms with Gasteiger partial charge in [-0.15, -0.1) is 11.6 Å². The summed E-state index contributed by atoms with van der Waals surface area (Å²) in [6.45, 7) is 1.90. The summed E-state index contributed by atoms with van der Waals surface area (Å²) in [6.07, 6.45) is 2.02. The van der Waals surface area contributed by atoms with Crippen LogP contribution in [0.1, 0.15) is 11.1 Å². The summed E-state index contributed by atoms with van der Waals surface area (Å²) < 4.78 is 0. The first kappa shape index (κ1) is 9.36. The van der Waals surface area contributed by atoms with Crippen molar-refractivity contribution in [1.29, 1.82) is 5.26 Å². The van der Waals surface area contributed by atoms with Crippen molar-refractivity contribution in [2.24, 2.45) is 0 Å². The van der Waals surface area contributed by atoms with Crippen molar-refractivity contribution in [2.45, 2.75) is 6.92 Å². The Kier molecular flexibility index (Phi) is 2.35. The van der Waals surface area contributed by atoms with E-state index in [9.17, 15) is 0 Å². The second-order valence-electron chi connectivity index (χ2n) is 3.55. The van der Waals surface area contributed by atoms with E-state index in [1.807, 2.05) is 13.0 Å². The Labute approximate surface area is 89.1 Å². The van der Waals surface area contributed by atoms with E-state index >= 15 is 0 Å². The van der Waals surface area contributed by atoms with Crippen LogP contribution in [-0.4, -0.2) is 12.6 Å². The molecule has 0 bridgehead atoms. The third-order valence-corrected chi connectivity index (χ3v) is 2.86. The van der Waals surface area contributed by atoms with E-state index in [-0.39, 0.29) is 6.71 Å². The van der Waals surface area contributed by atoms with Gasteiger partial charge >= 0.3 is 6.71 Å². The highest BCUT2D eigenvalue weighted by Gasteiger charge is 2.28. The van der Waals surface area contributed by atoms with Crippen molar-refractivity contribution < 1.29 is 0 Å². The first-order valence-corrected chi connectivity index (χ1v) is 5.06. The van der Waals surface area contributed by atoms with Gasteiger partial charge in [-0.1, -0.05) is 40.8 Å². The molecule has 0 aliphatic carbocycles. The second-order valence-corrected chi connectivity index (χ2v) is 3.81. The van der Waals surface area contributed by atoms with Gasteiger partial charge in [0.25, 0.3) is 0 Å². The number of benzene rings is 1. The molecule has 1 aliphatic rings. The van der Waals surface area contributed by atoms with Crippen molar-refractivity contribution in [3.63, 3.8) is 0 Å². The first-order valence-electron chi connectivity index (χ1n) is 4.53. The molecular formula is C11H9BClN. The summed E-state index contributed by atoms with van der Waals surface area (Å²) in [5.74, 6) is 2.73. The number of alkyl halides is 1. The Morgan fingerprint density at radius 2 is 2.29 bits per heavy atom. The van der Waals surface area contributed by atoms with Gasteiger partial charge in [0, 0.05) is 11.8 Å². The number of hydrogen-bond donors (Lipinski definition) is 0. The van der Waals surface area contributed by atoms with Crippen LogP contribution in [-0.2, 0) is 0 Å². The standard InChI is InChI=1S/C11H9BClN/c1-8-2-3-9-5-10(6-13)12(7-14)11(9)4-8/h2-5H,6H2,1H3. The third kappa shape index (κ3) is 1.34. The van der Waals surface area contributed by atoms with Crippen molar-refractivity contribution >= 4 is 29.9 Å². The highest BCUT2D eigenvalue weighted by molar-refractivity contribution is 6.89. The molecule has 0 saturated carbocycles. The van der Waals surface area contributed by atoms with Crippen molar-refractivity contribution in [2.75, 3.05) is 5.88 Å². The molecule has 0 radical (unpaired) electrons. The van der Waals surface area contributed by atoms with Crippen LogP contribution in [0.15, 0.2) is 23.7 Å². The molecule has 1 aromatic carbocycles. The fourth-order valence-corrected chi connectivity index (χ4v) is 2.06. The predicted octanol–water partition coefficient (Wildman–Crippen LogP) is 1.93. The Morgan fingerprint density at radius 1 is 1.50 bits per heavy atom. The van der Waals surface area contributed by atoms with Gasteiger partial charge < -0.3 is 0 Å². The zero-order valence-corrected chi connectivity index (χ0v) is 8.67. The van der Waals surface area contributed by atoms with Gasteiger partial charge in [-0.25, -0.2) is 5.26 Å². The fourth-order valence-electron chi connectivity index (χ4n) is 1.83. The van der Waals surface area contributed by atoms with E-state index in [2.05, 4.69) is 24.2 Å². The molecule has 3 heteroatoms. The maximum Gasteiger partial charge on any atom is 0.330 e. The van der Waals surface area contributed by atoms with Gasteiger partial charge in [-0.2, -0.15) is 0 Å². The number of nitrogens with zero attached hydrogens (tertiary/aromatic N) is 1. The van der Waals surface area contributed by atoms with Crippen LogP contribution in [0.3, 0.4) is 0 Å². The van der Waals surface area contributed by atoms with Crippen LogP contribution in [0.4, 0.5) is 0 Å². The number of fused-ring (bicyclic) bond motifs is 1. The molecule has 0 spiro atoms. The maximum atomic E-state index is 9.06. The van der Waals surface area contributed by atoms with Crippen LogP contribution in [0.2, 0.25) is 0 Å². The van der Waals surface area contributed by atoms with Crippen LogP contribution < -0.4 is 5.46 Å². The Balaban J connectivity index is 2.53. The minimum atomic E-state index is -0.137. The van der Waals surface area contributed by atoms with Crippen LogP contribution >= 0.6 is 11.6 Å². The summed E-state index contributed by atoms with van der Waals surface area (Å²) in [5, 5.41) is 9.06. The Morgan fingerprint density at radius 3 is 2.93 bits per heavy atom. The minimum Gasteiger partial charge on any atom is -0.212 e. The van der Waals surface area contributed by atoms with Gasteiger partial charge in [0.05, 0.1) is 0 Å². The van der Waals surface area contributed by atoms with Crippen molar-refractivity contribution in [1.82, 2.24) is 0 Å². The predicted molar refractivity (Wildman–Crippen MR) is 60.9 cm³/mol. The SMILES string of the molecule is Cc1ccc2c(c1)B(C#N)C(CCl)=C2. The lowest BCUT2D eigenvalue weighted by atomic mass is 9.44. The highest BCUT2D eigenvalue weighted by Crippen LogP contribution is 2.19. The molecule has 1 heterocycles. The number of hydrogen-bond acceptors (Lipinski definition) is 1. The molecule has 0 unspecified atom stereocenters. The summed E-state index contributed by atoms with van der Waals surface area (Å²) >= 11 is 5.79. The molecule has 0 fully saturated rings. The van der Waals surface area contributed by atoms with Gasteiger partial charge in [0.1, 0.15) is 0 Å².